The molecule has 0 spiro atoms. The van der Waals surface area contributed by atoms with Gasteiger partial charge in [-0.3, -0.25) is 19.6 Å². The zero-order valence-electron chi connectivity index (χ0n) is 16.7. The van der Waals surface area contributed by atoms with E-state index >= 15 is 0 Å². The van der Waals surface area contributed by atoms with Gasteiger partial charge in [-0.05, 0) is 25.1 Å². The van der Waals surface area contributed by atoms with E-state index in [0.29, 0.717) is 37.7 Å². The molecule has 2 aromatic heterocycles. The molecule has 0 bridgehead atoms. The van der Waals surface area contributed by atoms with Gasteiger partial charge in [-0.2, -0.15) is 18.3 Å². The number of pyridine rings is 1. The highest BCUT2D eigenvalue weighted by Crippen LogP contribution is 2.30. The Labute approximate surface area is 176 Å². The zero-order chi connectivity index (χ0) is 22.2. The predicted octanol–water partition coefficient (Wildman–Crippen LogP) is 1.96. The number of halogens is 3. The average molecular weight is 434 g/mol. The van der Waals surface area contributed by atoms with Crippen molar-refractivity contribution in [1.29, 1.82) is 0 Å². The molecule has 0 aromatic carbocycles. The van der Waals surface area contributed by atoms with Crippen LogP contribution >= 0.6 is 0 Å². The molecule has 2 fully saturated rings. The van der Waals surface area contributed by atoms with Crippen LogP contribution in [0, 0.1) is 0 Å². The van der Waals surface area contributed by atoms with Crippen molar-refractivity contribution >= 4 is 23.6 Å². The molecule has 8 nitrogen and oxygen atoms in total. The number of amides is 1. The number of alkyl halides is 3. The zero-order valence-corrected chi connectivity index (χ0v) is 16.7. The molecule has 31 heavy (non-hydrogen) atoms. The van der Waals surface area contributed by atoms with Crippen LogP contribution in [-0.4, -0.2) is 57.4 Å². The minimum absolute atomic E-state index is 0.0439. The van der Waals surface area contributed by atoms with Crippen molar-refractivity contribution in [2.45, 2.75) is 32.1 Å². The van der Waals surface area contributed by atoms with E-state index in [1.165, 1.54) is 6.07 Å². The lowest BCUT2D eigenvalue weighted by atomic mass is 10.1. The van der Waals surface area contributed by atoms with Crippen molar-refractivity contribution in [1.82, 2.24) is 25.4 Å². The fraction of sp³-hybridized carbons (Fsp3) is 0.400. The number of carbonyl (C=O) groups excluding carboxylic acids is 2. The normalized spacial score (nSPS) is 21.7. The van der Waals surface area contributed by atoms with Crippen LogP contribution in [0.25, 0.3) is 6.08 Å². The molecule has 4 rings (SSSR count). The quantitative estimate of drug-likeness (QED) is 0.565. The van der Waals surface area contributed by atoms with Crippen molar-refractivity contribution in [3.05, 3.63) is 47.0 Å². The third-order valence-electron chi connectivity index (χ3n) is 5.41. The van der Waals surface area contributed by atoms with E-state index in [9.17, 15) is 22.8 Å². The summed E-state index contributed by atoms with van der Waals surface area (Å²) < 4.78 is 38.3. The van der Waals surface area contributed by atoms with Gasteiger partial charge in [0.2, 0.25) is 5.91 Å². The molecule has 2 aromatic rings. The number of piperazine rings is 1. The van der Waals surface area contributed by atoms with Gasteiger partial charge in [-0.25, -0.2) is 4.98 Å². The molecule has 2 N–H and O–H groups in total. The molecular formula is C20H21F3N6O2. The standard InChI is InChI=1S/C20H21F3N6O2/c1-12-10-28(4-5-29(12)18-3-2-14(9-24-18)20(21,22)23)11-13-8-25-27-15(13)6-16-17(30)7-19(31)26-16/h2-3,6,8-9,12H,4-5,7,10-11H2,1H3,(H,25,27)(H,26,31)/b16-6-/t12-/m1/s1. The van der Waals surface area contributed by atoms with E-state index in [4.69, 9.17) is 0 Å². The Balaban J connectivity index is 1.40. The summed E-state index contributed by atoms with van der Waals surface area (Å²) in [6, 6.07) is 2.50. The number of Topliss-reactive ketones (excluding diaryl/α,β-unsaturated/α-hetero) is 1. The maximum Gasteiger partial charge on any atom is 0.417 e. The number of hydrogen-bond donors (Lipinski definition) is 2. The third-order valence-corrected chi connectivity index (χ3v) is 5.41. The fourth-order valence-electron chi connectivity index (χ4n) is 3.82. The molecule has 2 aliphatic heterocycles. The minimum atomic E-state index is -4.40. The number of nitrogens with one attached hydrogen (secondary N) is 2. The highest BCUT2D eigenvalue weighted by Gasteiger charge is 2.32. The predicted molar refractivity (Wildman–Crippen MR) is 106 cm³/mol. The minimum Gasteiger partial charge on any atom is -0.351 e. The lowest BCUT2D eigenvalue weighted by Gasteiger charge is -2.40. The Morgan fingerprint density at radius 1 is 1.23 bits per heavy atom. The Bertz CT molecular complexity index is 1010. The average Bonchev–Trinajstić information content (AvgIpc) is 3.27. The molecule has 0 unspecified atom stereocenters. The maximum atomic E-state index is 12.8. The smallest absolute Gasteiger partial charge is 0.351 e. The van der Waals surface area contributed by atoms with Crippen LogP contribution < -0.4 is 10.2 Å². The summed E-state index contributed by atoms with van der Waals surface area (Å²) in [5, 5.41) is 9.45. The second-order valence-corrected chi connectivity index (χ2v) is 7.70. The van der Waals surface area contributed by atoms with Crippen LogP contribution in [0.3, 0.4) is 0 Å². The van der Waals surface area contributed by atoms with Crippen molar-refractivity contribution in [2.24, 2.45) is 0 Å². The number of aromatic amines is 1. The summed E-state index contributed by atoms with van der Waals surface area (Å²) >= 11 is 0. The van der Waals surface area contributed by atoms with E-state index < -0.39 is 11.7 Å². The highest BCUT2D eigenvalue weighted by atomic mass is 19.4. The fourth-order valence-corrected chi connectivity index (χ4v) is 3.82. The van der Waals surface area contributed by atoms with Gasteiger partial charge in [0.1, 0.15) is 5.82 Å². The molecular weight excluding hydrogens is 413 g/mol. The Kier molecular flexibility index (Phi) is 5.52. The number of ketones is 1. The maximum absolute atomic E-state index is 12.8. The molecule has 164 valence electrons. The molecule has 4 heterocycles. The van der Waals surface area contributed by atoms with Crippen LogP contribution in [0.4, 0.5) is 19.0 Å². The van der Waals surface area contributed by atoms with Gasteiger partial charge in [0.25, 0.3) is 0 Å². The molecule has 0 aliphatic carbocycles. The number of H-pyrrole nitrogens is 1. The first kappa shape index (κ1) is 21.0. The van der Waals surface area contributed by atoms with E-state index in [1.54, 1.807) is 12.3 Å². The van der Waals surface area contributed by atoms with Gasteiger partial charge >= 0.3 is 6.18 Å². The summed E-state index contributed by atoms with van der Waals surface area (Å²) in [6.07, 6.45) is -0.404. The van der Waals surface area contributed by atoms with Crippen LogP contribution in [0.5, 0.6) is 0 Å². The number of nitrogens with zero attached hydrogens (tertiary/aromatic N) is 4. The monoisotopic (exact) mass is 434 g/mol. The van der Waals surface area contributed by atoms with E-state index in [0.717, 1.165) is 17.8 Å². The first-order valence-corrected chi connectivity index (χ1v) is 9.80. The Morgan fingerprint density at radius 3 is 2.65 bits per heavy atom. The molecule has 1 atom stereocenters. The molecule has 1 amide bonds. The summed E-state index contributed by atoms with van der Waals surface area (Å²) in [4.78, 5) is 31.4. The van der Waals surface area contributed by atoms with Crippen LogP contribution in [0.2, 0.25) is 0 Å². The summed E-state index contributed by atoms with van der Waals surface area (Å²) in [6.45, 7) is 4.55. The number of hydrogen-bond acceptors (Lipinski definition) is 6. The molecule has 2 aliphatic rings. The second kappa shape index (κ2) is 8.14. The molecule has 0 saturated carbocycles. The van der Waals surface area contributed by atoms with Crippen LogP contribution in [0.15, 0.2) is 30.2 Å². The SMILES string of the molecule is C[C@@H]1CN(Cc2cn[nH]c2/C=C2\NC(=O)CC2=O)CCN1c1ccc(C(F)(F)F)cn1. The van der Waals surface area contributed by atoms with E-state index in [-0.39, 0.29) is 29.9 Å². The lowest BCUT2D eigenvalue weighted by Crippen LogP contribution is -2.51. The molecule has 2 saturated heterocycles. The van der Waals surface area contributed by atoms with Crippen molar-refractivity contribution in [3.8, 4) is 0 Å². The second-order valence-electron chi connectivity index (χ2n) is 7.70. The number of carbonyl (C=O) groups is 2. The number of aromatic nitrogens is 3. The largest absolute Gasteiger partial charge is 0.417 e. The summed E-state index contributed by atoms with van der Waals surface area (Å²) in [5.41, 5.74) is 1.03. The number of anilines is 1. The molecule has 11 heteroatoms. The topological polar surface area (TPSA) is 94.2 Å². The Morgan fingerprint density at radius 2 is 2.03 bits per heavy atom. The van der Waals surface area contributed by atoms with Gasteiger partial charge in [-0.15, -0.1) is 0 Å². The first-order valence-electron chi connectivity index (χ1n) is 9.80. The van der Waals surface area contributed by atoms with E-state index in [1.807, 2.05) is 11.8 Å². The van der Waals surface area contributed by atoms with E-state index in [2.05, 4.69) is 25.4 Å². The summed E-state index contributed by atoms with van der Waals surface area (Å²) in [5.74, 6) is -0.0552. The first-order chi connectivity index (χ1) is 14.7. The summed E-state index contributed by atoms with van der Waals surface area (Å²) in [7, 11) is 0. The van der Waals surface area contributed by atoms with Crippen molar-refractivity contribution in [3.63, 3.8) is 0 Å². The number of allylic oxidation sites excluding steroid dienone is 1. The van der Waals surface area contributed by atoms with Crippen LogP contribution in [-0.2, 0) is 22.3 Å². The number of rotatable bonds is 4. The van der Waals surface area contributed by atoms with Gasteiger partial charge in [-0.1, -0.05) is 0 Å². The highest BCUT2D eigenvalue weighted by molar-refractivity contribution is 6.16. The third kappa shape index (κ3) is 4.61. The van der Waals surface area contributed by atoms with Crippen molar-refractivity contribution < 1.29 is 22.8 Å². The Hall–Kier alpha value is -3.21. The van der Waals surface area contributed by atoms with Crippen molar-refractivity contribution in [2.75, 3.05) is 24.5 Å². The lowest BCUT2D eigenvalue weighted by molar-refractivity contribution is -0.137. The van der Waals surface area contributed by atoms with Gasteiger partial charge in [0.15, 0.2) is 5.78 Å². The molecule has 0 radical (unpaired) electrons. The van der Waals surface area contributed by atoms with Crippen LogP contribution in [0.1, 0.15) is 30.2 Å². The van der Waals surface area contributed by atoms with Gasteiger partial charge in [0.05, 0.1) is 29.6 Å². The van der Waals surface area contributed by atoms with Gasteiger partial charge in [0, 0.05) is 44.0 Å². The van der Waals surface area contributed by atoms with Gasteiger partial charge < -0.3 is 10.2 Å².